The first kappa shape index (κ1) is 22.5. The van der Waals surface area contributed by atoms with Gasteiger partial charge in [-0.1, -0.05) is 6.07 Å². The Hall–Kier alpha value is -4.28. The summed E-state index contributed by atoms with van der Waals surface area (Å²) in [5.74, 6) is 1.34. The van der Waals surface area contributed by atoms with Crippen LogP contribution in [0.2, 0.25) is 0 Å². The van der Waals surface area contributed by atoms with Crippen molar-refractivity contribution in [2.24, 2.45) is 5.92 Å². The number of aromatic nitrogens is 6. The molecular formula is C24H26N8O3. The van der Waals surface area contributed by atoms with Gasteiger partial charge < -0.3 is 15.7 Å². The van der Waals surface area contributed by atoms with Crippen molar-refractivity contribution in [1.82, 2.24) is 34.7 Å². The quantitative estimate of drug-likeness (QED) is 0.389. The number of hydrogen-bond acceptors (Lipinski definition) is 6. The van der Waals surface area contributed by atoms with Crippen molar-refractivity contribution in [1.29, 1.82) is 0 Å². The zero-order chi connectivity index (χ0) is 24.4. The summed E-state index contributed by atoms with van der Waals surface area (Å²) in [7, 11) is 0. The molecule has 0 bridgehead atoms. The molecule has 0 aliphatic heterocycles. The molecule has 1 fully saturated rings. The van der Waals surface area contributed by atoms with Gasteiger partial charge in [0.1, 0.15) is 11.4 Å². The van der Waals surface area contributed by atoms with Gasteiger partial charge in [0.25, 0.3) is 5.91 Å². The summed E-state index contributed by atoms with van der Waals surface area (Å²) in [4.78, 5) is 32.7. The van der Waals surface area contributed by atoms with Crippen LogP contribution in [-0.4, -0.2) is 53.0 Å². The number of amides is 2. The molecule has 180 valence electrons. The average molecular weight is 475 g/mol. The summed E-state index contributed by atoms with van der Waals surface area (Å²) < 4.78 is 3.21. The number of carbonyl (C=O) groups excluding carboxylic acids is 1. The number of hydrogen-bond donors (Lipinski definition) is 3. The van der Waals surface area contributed by atoms with Crippen LogP contribution in [0.4, 0.5) is 10.6 Å². The number of aryl methyl sites for hydroxylation is 1. The minimum atomic E-state index is -0.988. The van der Waals surface area contributed by atoms with Crippen LogP contribution in [0.15, 0.2) is 49.1 Å². The molecule has 4 aromatic rings. The molecule has 0 saturated heterocycles. The highest BCUT2D eigenvalue weighted by Crippen LogP contribution is 2.36. The second kappa shape index (κ2) is 9.53. The van der Waals surface area contributed by atoms with Crippen molar-refractivity contribution in [3.8, 4) is 5.82 Å². The van der Waals surface area contributed by atoms with E-state index in [2.05, 4.69) is 25.7 Å². The number of nitrogens with zero attached hydrogens (tertiary/aromatic N) is 6. The van der Waals surface area contributed by atoms with Crippen LogP contribution in [-0.2, 0) is 0 Å². The highest BCUT2D eigenvalue weighted by Gasteiger charge is 2.26. The second-order valence-corrected chi connectivity index (χ2v) is 8.86. The topological polar surface area (TPSA) is 139 Å². The van der Waals surface area contributed by atoms with E-state index in [1.54, 1.807) is 33.9 Å². The summed E-state index contributed by atoms with van der Waals surface area (Å²) in [5, 5.41) is 23.3. The van der Waals surface area contributed by atoms with Crippen LogP contribution < -0.4 is 10.6 Å². The van der Waals surface area contributed by atoms with Crippen LogP contribution in [0.5, 0.6) is 0 Å². The molecular weight excluding hydrogens is 448 g/mol. The zero-order valence-electron chi connectivity index (χ0n) is 19.3. The summed E-state index contributed by atoms with van der Waals surface area (Å²) >= 11 is 0. The Morgan fingerprint density at radius 2 is 1.97 bits per heavy atom. The van der Waals surface area contributed by atoms with Crippen molar-refractivity contribution >= 4 is 23.5 Å². The summed E-state index contributed by atoms with van der Waals surface area (Å²) in [6, 6.07) is 7.47. The molecule has 11 nitrogen and oxygen atoms in total. The molecule has 11 heteroatoms. The molecule has 0 aromatic carbocycles. The van der Waals surface area contributed by atoms with Crippen LogP contribution in [0.1, 0.15) is 53.2 Å². The standard InChI is InChI=1S/C24H26N8O3/c1-15-3-8-20(26-12-15)32-21(29-23(33)18-14-28-31-10-2-9-25-22(18)31)11-19(30-32)17-6-4-16(5-7-17)13-27-24(34)35/h2-3,8-12,14,16-17,27H,4-7,13H2,1H3,(H,29,33)(H,34,35). The molecule has 0 atom stereocenters. The lowest BCUT2D eigenvalue weighted by atomic mass is 9.80. The normalized spacial score (nSPS) is 17.9. The van der Waals surface area contributed by atoms with E-state index in [0.29, 0.717) is 35.3 Å². The van der Waals surface area contributed by atoms with Gasteiger partial charge in [-0.05, 0) is 56.2 Å². The Balaban J connectivity index is 1.40. The Bertz CT molecular complexity index is 1350. The zero-order valence-corrected chi connectivity index (χ0v) is 19.3. The fourth-order valence-corrected chi connectivity index (χ4v) is 4.51. The van der Waals surface area contributed by atoms with E-state index in [4.69, 9.17) is 10.2 Å². The first-order valence-corrected chi connectivity index (χ1v) is 11.6. The third kappa shape index (κ3) is 4.84. The smallest absolute Gasteiger partial charge is 0.404 e. The highest BCUT2D eigenvalue weighted by atomic mass is 16.4. The number of pyridine rings is 1. The lowest BCUT2D eigenvalue weighted by molar-refractivity contribution is 0.102. The van der Waals surface area contributed by atoms with Crippen molar-refractivity contribution < 1.29 is 14.7 Å². The third-order valence-electron chi connectivity index (χ3n) is 6.41. The summed E-state index contributed by atoms with van der Waals surface area (Å²) in [6.45, 7) is 2.43. The molecule has 2 amide bonds. The fraction of sp³-hybridized carbons (Fsp3) is 0.333. The van der Waals surface area contributed by atoms with E-state index in [1.807, 2.05) is 25.1 Å². The number of fused-ring (bicyclic) bond motifs is 1. The Morgan fingerprint density at radius 1 is 1.14 bits per heavy atom. The molecule has 0 radical (unpaired) electrons. The summed E-state index contributed by atoms with van der Waals surface area (Å²) in [5.41, 5.74) is 2.74. The van der Waals surface area contributed by atoms with Gasteiger partial charge in [0.2, 0.25) is 0 Å². The van der Waals surface area contributed by atoms with E-state index in [9.17, 15) is 9.59 Å². The van der Waals surface area contributed by atoms with Crippen molar-refractivity contribution in [3.05, 3.63) is 65.9 Å². The highest BCUT2D eigenvalue weighted by molar-refractivity contribution is 6.07. The van der Waals surface area contributed by atoms with Gasteiger partial charge in [-0.2, -0.15) is 14.9 Å². The molecule has 0 unspecified atom stereocenters. The number of rotatable bonds is 6. The van der Waals surface area contributed by atoms with Gasteiger partial charge in [-0.25, -0.2) is 19.3 Å². The van der Waals surface area contributed by atoms with E-state index < -0.39 is 6.09 Å². The largest absolute Gasteiger partial charge is 0.465 e. The summed E-state index contributed by atoms with van der Waals surface area (Å²) in [6.07, 6.45) is 9.25. The van der Waals surface area contributed by atoms with Crippen molar-refractivity contribution in [2.45, 2.75) is 38.5 Å². The van der Waals surface area contributed by atoms with Gasteiger partial charge in [-0.3, -0.25) is 4.79 Å². The van der Waals surface area contributed by atoms with Crippen molar-refractivity contribution in [3.63, 3.8) is 0 Å². The number of carbonyl (C=O) groups is 2. The average Bonchev–Trinajstić information content (AvgIpc) is 3.48. The van der Waals surface area contributed by atoms with Gasteiger partial charge >= 0.3 is 6.09 Å². The molecule has 1 saturated carbocycles. The Labute approximate surface area is 201 Å². The van der Waals surface area contributed by atoms with Crippen LogP contribution in [0.25, 0.3) is 11.5 Å². The first-order chi connectivity index (χ1) is 17.0. The van der Waals surface area contributed by atoms with Crippen LogP contribution in [0.3, 0.4) is 0 Å². The fourth-order valence-electron chi connectivity index (χ4n) is 4.51. The maximum absolute atomic E-state index is 13.2. The van der Waals surface area contributed by atoms with Gasteiger partial charge in [0, 0.05) is 37.1 Å². The van der Waals surface area contributed by atoms with Crippen LogP contribution in [0, 0.1) is 12.8 Å². The van der Waals surface area contributed by atoms with Crippen LogP contribution >= 0.6 is 0 Å². The van der Waals surface area contributed by atoms with Gasteiger partial charge in [0.15, 0.2) is 11.5 Å². The maximum Gasteiger partial charge on any atom is 0.404 e. The predicted octanol–water partition coefficient (Wildman–Crippen LogP) is 3.41. The molecule has 1 aliphatic rings. The monoisotopic (exact) mass is 474 g/mol. The third-order valence-corrected chi connectivity index (χ3v) is 6.41. The Kier molecular flexibility index (Phi) is 6.13. The molecule has 1 aliphatic carbocycles. The maximum atomic E-state index is 13.2. The van der Waals surface area contributed by atoms with Gasteiger partial charge in [0.05, 0.1) is 11.9 Å². The minimum absolute atomic E-state index is 0.220. The lowest BCUT2D eigenvalue weighted by Crippen LogP contribution is -2.29. The van der Waals surface area contributed by atoms with E-state index in [0.717, 1.165) is 36.9 Å². The molecule has 0 spiro atoms. The first-order valence-electron chi connectivity index (χ1n) is 11.6. The Morgan fingerprint density at radius 3 is 2.71 bits per heavy atom. The second-order valence-electron chi connectivity index (χ2n) is 8.86. The van der Waals surface area contributed by atoms with Gasteiger partial charge in [-0.15, -0.1) is 0 Å². The number of anilines is 1. The van der Waals surface area contributed by atoms with E-state index >= 15 is 0 Å². The van der Waals surface area contributed by atoms with E-state index in [-0.39, 0.29) is 11.8 Å². The SMILES string of the molecule is Cc1ccc(-n2nc(C3CCC(CNC(=O)O)CC3)cc2NC(=O)c2cnn3cccnc23)nc1. The number of nitrogens with one attached hydrogen (secondary N) is 2. The number of carboxylic acid groups (broad SMARTS) is 1. The molecule has 35 heavy (non-hydrogen) atoms. The molecule has 4 heterocycles. The molecule has 5 rings (SSSR count). The lowest BCUT2D eigenvalue weighted by Gasteiger charge is -2.27. The van der Waals surface area contributed by atoms with E-state index in [1.165, 1.54) is 6.20 Å². The predicted molar refractivity (Wildman–Crippen MR) is 128 cm³/mol. The molecule has 4 aromatic heterocycles. The van der Waals surface area contributed by atoms with Crippen molar-refractivity contribution in [2.75, 3.05) is 11.9 Å². The minimum Gasteiger partial charge on any atom is -0.465 e. The molecule has 3 N–H and O–H groups in total.